The monoisotopic (exact) mass is 261 g/mol. The molecule has 2 atom stereocenters. The fourth-order valence-electron chi connectivity index (χ4n) is 1.86. The molecule has 0 aliphatic rings. The maximum atomic E-state index is 9.00. The molecule has 0 heterocycles. The minimum absolute atomic E-state index is 0.0219. The molecule has 18 heavy (non-hydrogen) atoms. The van der Waals surface area contributed by atoms with Crippen LogP contribution < -0.4 is 5.73 Å². The summed E-state index contributed by atoms with van der Waals surface area (Å²) in [7, 11) is 0. The average Bonchev–Trinajstić information content (AvgIpc) is 2.43. The Morgan fingerprint density at radius 1 is 1.17 bits per heavy atom. The van der Waals surface area contributed by atoms with Crippen molar-refractivity contribution in [2.45, 2.75) is 18.2 Å². The molecule has 0 spiro atoms. The van der Waals surface area contributed by atoms with E-state index in [1.807, 2.05) is 19.1 Å². The van der Waals surface area contributed by atoms with Crippen molar-refractivity contribution < 1.29 is 5.11 Å². The van der Waals surface area contributed by atoms with Crippen LogP contribution in [0, 0.1) is 0 Å². The molecule has 0 amide bonds. The van der Waals surface area contributed by atoms with Crippen molar-refractivity contribution in [3.05, 3.63) is 48.0 Å². The van der Waals surface area contributed by atoms with Crippen LogP contribution in [0.1, 0.15) is 18.5 Å². The van der Waals surface area contributed by atoms with Gasteiger partial charge in [0.05, 0.1) is 6.61 Å². The second-order valence-corrected chi connectivity index (χ2v) is 6.01. The Balaban J connectivity index is 2.10. The van der Waals surface area contributed by atoms with E-state index in [0.717, 1.165) is 11.3 Å². The molecular formula is C15H19NOS. The van der Waals surface area contributed by atoms with Gasteiger partial charge in [-0.15, -0.1) is 0 Å². The van der Waals surface area contributed by atoms with Crippen molar-refractivity contribution in [2.24, 2.45) is 5.73 Å². The summed E-state index contributed by atoms with van der Waals surface area (Å²) in [5, 5.41) is 11.7. The number of rotatable bonds is 5. The molecule has 3 heteroatoms. The first-order chi connectivity index (χ1) is 8.70. The fourth-order valence-corrected chi connectivity index (χ4v) is 2.69. The molecule has 0 aliphatic carbocycles. The topological polar surface area (TPSA) is 46.2 Å². The smallest absolute Gasteiger partial charge is 0.0547 e. The van der Waals surface area contributed by atoms with Gasteiger partial charge < -0.3 is 10.8 Å². The minimum atomic E-state index is 0.0219. The zero-order valence-electron chi connectivity index (χ0n) is 10.5. The van der Waals surface area contributed by atoms with E-state index in [-0.39, 0.29) is 17.9 Å². The number of benzene rings is 2. The van der Waals surface area contributed by atoms with E-state index in [2.05, 4.69) is 30.3 Å². The number of aliphatic hydroxyl groups is 1. The number of nitrogens with two attached hydrogens (primary N) is 1. The summed E-state index contributed by atoms with van der Waals surface area (Å²) in [5.74, 6) is 0.833. The van der Waals surface area contributed by atoms with Gasteiger partial charge in [-0.1, -0.05) is 43.3 Å². The van der Waals surface area contributed by atoms with Crippen molar-refractivity contribution >= 4 is 22.5 Å². The van der Waals surface area contributed by atoms with Crippen LogP contribution in [0.5, 0.6) is 0 Å². The third-order valence-corrected chi connectivity index (χ3v) is 4.29. The van der Waals surface area contributed by atoms with Gasteiger partial charge in [0.15, 0.2) is 0 Å². The largest absolute Gasteiger partial charge is 0.395 e. The maximum absolute atomic E-state index is 9.00. The molecule has 2 aromatic rings. The van der Waals surface area contributed by atoms with E-state index in [0.29, 0.717) is 0 Å². The Hall–Kier alpha value is -1.03. The Kier molecular flexibility index (Phi) is 4.64. The quantitative estimate of drug-likeness (QED) is 0.870. The molecule has 3 N–H and O–H groups in total. The van der Waals surface area contributed by atoms with E-state index in [1.54, 1.807) is 11.8 Å². The van der Waals surface area contributed by atoms with Gasteiger partial charge in [0.2, 0.25) is 0 Å². The Morgan fingerprint density at radius 3 is 2.61 bits per heavy atom. The zero-order valence-corrected chi connectivity index (χ0v) is 11.4. The van der Waals surface area contributed by atoms with Crippen molar-refractivity contribution in [2.75, 3.05) is 12.4 Å². The molecule has 0 radical (unpaired) electrons. The highest BCUT2D eigenvalue weighted by Gasteiger charge is 2.09. The lowest BCUT2D eigenvalue weighted by atomic mass is 10.0. The van der Waals surface area contributed by atoms with Gasteiger partial charge >= 0.3 is 0 Å². The summed E-state index contributed by atoms with van der Waals surface area (Å²) < 4.78 is 0. The lowest BCUT2D eigenvalue weighted by Gasteiger charge is -2.15. The molecule has 0 bridgehead atoms. The first-order valence-electron chi connectivity index (χ1n) is 6.17. The first-order valence-corrected chi connectivity index (χ1v) is 7.22. The van der Waals surface area contributed by atoms with Gasteiger partial charge in [0.25, 0.3) is 0 Å². The lowest BCUT2D eigenvalue weighted by molar-refractivity contribution is 0.300. The van der Waals surface area contributed by atoms with Crippen molar-refractivity contribution in [3.8, 4) is 0 Å². The Morgan fingerprint density at radius 2 is 1.89 bits per heavy atom. The molecule has 0 aliphatic heterocycles. The van der Waals surface area contributed by atoms with Crippen LogP contribution in [0.4, 0.5) is 0 Å². The maximum Gasteiger partial charge on any atom is 0.0547 e. The van der Waals surface area contributed by atoms with Crippen LogP contribution in [0.3, 0.4) is 0 Å². The first kappa shape index (κ1) is 13.4. The molecule has 96 valence electrons. The summed E-state index contributed by atoms with van der Waals surface area (Å²) in [5.41, 5.74) is 7.35. The average molecular weight is 261 g/mol. The number of aliphatic hydroxyl groups excluding tert-OH is 1. The minimum Gasteiger partial charge on any atom is -0.395 e. The second kappa shape index (κ2) is 6.23. The summed E-state index contributed by atoms with van der Waals surface area (Å²) in [6.07, 6.45) is 0. The number of fused-ring (bicyclic) bond motifs is 1. The molecule has 0 saturated heterocycles. The van der Waals surface area contributed by atoms with Crippen molar-refractivity contribution in [1.82, 2.24) is 0 Å². The van der Waals surface area contributed by atoms with E-state index in [1.165, 1.54) is 10.8 Å². The van der Waals surface area contributed by atoms with Gasteiger partial charge in [-0.2, -0.15) is 11.8 Å². The SMILES string of the molecule is CC(CO)SCC(N)c1ccc2ccccc2c1. The highest BCUT2D eigenvalue weighted by Crippen LogP contribution is 2.23. The standard InChI is InChI=1S/C15H19NOS/c1-11(9-17)18-10-15(16)14-7-6-12-4-2-3-5-13(12)8-14/h2-8,11,15,17H,9-10,16H2,1H3. The summed E-state index contributed by atoms with van der Waals surface area (Å²) in [4.78, 5) is 0. The van der Waals surface area contributed by atoms with Crippen molar-refractivity contribution in [1.29, 1.82) is 0 Å². The highest BCUT2D eigenvalue weighted by atomic mass is 32.2. The van der Waals surface area contributed by atoms with Crippen LogP contribution in [0.2, 0.25) is 0 Å². The Labute approximate surface area is 112 Å². The third-order valence-electron chi connectivity index (χ3n) is 3.02. The van der Waals surface area contributed by atoms with Crippen LogP contribution in [0.25, 0.3) is 10.8 Å². The Bertz CT molecular complexity index is 515. The molecule has 2 aromatic carbocycles. The van der Waals surface area contributed by atoms with Gasteiger partial charge in [-0.3, -0.25) is 0 Å². The number of hydrogen-bond donors (Lipinski definition) is 2. The molecule has 0 aromatic heterocycles. The lowest BCUT2D eigenvalue weighted by Crippen LogP contribution is -2.15. The van der Waals surface area contributed by atoms with Crippen molar-refractivity contribution in [3.63, 3.8) is 0 Å². The predicted octanol–water partition coefficient (Wildman–Crippen LogP) is 2.95. The molecule has 0 saturated carbocycles. The molecular weight excluding hydrogens is 242 g/mol. The summed E-state index contributed by atoms with van der Waals surface area (Å²) in [6, 6.07) is 14.7. The van der Waals surface area contributed by atoms with Crippen LogP contribution in [-0.2, 0) is 0 Å². The zero-order chi connectivity index (χ0) is 13.0. The van der Waals surface area contributed by atoms with Crippen LogP contribution in [-0.4, -0.2) is 22.7 Å². The van der Waals surface area contributed by atoms with Gasteiger partial charge in [0, 0.05) is 17.0 Å². The highest BCUT2D eigenvalue weighted by molar-refractivity contribution is 7.99. The third kappa shape index (κ3) is 3.25. The summed E-state index contributed by atoms with van der Waals surface area (Å²) in [6.45, 7) is 2.22. The van der Waals surface area contributed by atoms with E-state index < -0.39 is 0 Å². The molecule has 2 nitrogen and oxygen atoms in total. The number of hydrogen-bond acceptors (Lipinski definition) is 3. The molecule has 2 rings (SSSR count). The normalized spacial score (nSPS) is 14.6. The van der Waals surface area contributed by atoms with Gasteiger partial charge in [-0.05, 0) is 22.4 Å². The predicted molar refractivity (Wildman–Crippen MR) is 79.9 cm³/mol. The van der Waals surface area contributed by atoms with E-state index in [9.17, 15) is 0 Å². The fraction of sp³-hybridized carbons (Fsp3) is 0.333. The van der Waals surface area contributed by atoms with E-state index in [4.69, 9.17) is 10.8 Å². The van der Waals surface area contributed by atoms with Gasteiger partial charge in [-0.25, -0.2) is 0 Å². The second-order valence-electron chi connectivity index (χ2n) is 4.54. The number of thioether (sulfide) groups is 1. The van der Waals surface area contributed by atoms with Crippen LogP contribution >= 0.6 is 11.8 Å². The van der Waals surface area contributed by atoms with Gasteiger partial charge in [0.1, 0.15) is 0 Å². The molecule has 2 unspecified atom stereocenters. The van der Waals surface area contributed by atoms with Crippen LogP contribution in [0.15, 0.2) is 42.5 Å². The van der Waals surface area contributed by atoms with E-state index >= 15 is 0 Å². The molecule has 0 fully saturated rings. The summed E-state index contributed by atoms with van der Waals surface area (Å²) >= 11 is 1.71.